The number of halogens is 1. The van der Waals surface area contributed by atoms with E-state index in [0.29, 0.717) is 13.1 Å². The van der Waals surface area contributed by atoms with E-state index in [2.05, 4.69) is 27.9 Å². The molecular weight excluding hydrogens is 369 g/mol. The number of hydrogen-bond donors (Lipinski definition) is 2. The van der Waals surface area contributed by atoms with Crippen molar-refractivity contribution >= 4 is 40.1 Å². The zero-order valence-electron chi connectivity index (χ0n) is 11.1. The number of nitrogens with one attached hydrogen (secondary N) is 1. The van der Waals surface area contributed by atoms with Gasteiger partial charge in [0, 0.05) is 15.8 Å². The number of rotatable bonds is 4. The Morgan fingerprint density at radius 3 is 2.70 bits per heavy atom. The number of benzene rings is 1. The van der Waals surface area contributed by atoms with Crippen LogP contribution in [0, 0.1) is 9.49 Å². The molecule has 1 aliphatic heterocycles. The van der Waals surface area contributed by atoms with E-state index in [0.717, 1.165) is 28.6 Å². The van der Waals surface area contributed by atoms with Crippen molar-refractivity contribution in [2.45, 2.75) is 12.8 Å². The first-order chi connectivity index (χ1) is 9.54. The number of amides is 2. The van der Waals surface area contributed by atoms with Gasteiger partial charge in [-0.15, -0.1) is 0 Å². The molecule has 3 N–H and O–H groups in total. The zero-order valence-corrected chi connectivity index (χ0v) is 13.3. The number of likely N-dealkylation sites (tertiary alicyclic amines) is 1. The Morgan fingerprint density at radius 2 is 2.05 bits per heavy atom. The fraction of sp³-hybridized carbons (Fsp3) is 0.429. The van der Waals surface area contributed by atoms with Gasteiger partial charge in [0.05, 0.1) is 12.5 Å². The smallest absolute Gasteiger partial charge is 0.238 e. The Balaban J connectivity index is 1.85. The number of nitrogens with two attached hydrogens (primary N) is 1. The van der Waals surface area contributed by atoms with Crippen LogP contribution in [0.15, 0.2) is 24.3 Å². The second kappa shape index (κ2) is 7.03. The lowest BCUT2D eigenvalue weighted by Gasteiger charge is -2.30. The highest BCUT2D eigenvalue weighted by molar-refractivity contribution is 14.1. The predicted molar refractivity (Wildman–Crippen MR) is 86.1 cm³/mol. The summed E-state index contributed by atoms with van der Waals surface area (Å²) in [6.45, 7) is 1.72. The molecule has 108 valence electrons. The van der Waals surface area contributed by atoms with E-state index in [1.807, 2.05) is 29.2 Å². The van der Waals surface area contributed by atoms with Crippen LogP contribution in [0.2, 0.25) is 0 Å². The van der Waals surface area contributed by atoms with Gasteiger partial charge in [0.25, 0.3) is 0 Å². The Labute approximate surface area is 132 Å². The Hall–Kier alpha value is -1.15. The lowest BCUT2D eigenvalue weighted by atomic mass is 9.97. The van der Waals surface area contributed by atoms with Gasteiger partial charge in [0.1, 0.15) is 0 Å². The molecule has 1 heterocycles. The molecule has 2 rings (SSSR count). The molecule has 1 aliphatic rings. The topological polar surface area (TPSA) is 75.4 Å². The fourth-order valence-electron chi connectivity index (χ4n) is 2.37. The first-order valence-corrected chi connectivity index (χ1v) is 7.69. The van der Waals surface area contributed by atoms with Crippen LogP contribution in [0.3, 0.4) is 0 Å². The number of carbonyl (C=O) groups excluding carboxylic acids is 2. The first-order valence-electron chi connectivity index (χ1n) is 6.61. The molecule has 5 nitrogen and oxygen atoms in total. The quantitative estimate of drug-likeness (QED) is 0.768. The predicted octanol–water partition coefficient (Wildman–Crippen LogP) is 1.43. The number of hydrogen-bond acceptors (Lipinski definition) is 3. The third-order valence-corrected chi connectivity index (χ3v) is 4.12. The maximum atomic E-state index is 12.0. The van der Waals surface area contributed by atoms with Crippen LogP contribution in [0.5, 0.6) is 0 Å². The van der Waals surface area contributed by atoms with Crippen LogP contribution in [0.25, 0.3) is 0 Å². The molecule has 20 heavy (non-hydrogen) atoms. The summed E-state index contributed by atoms with van der Waals surface area (Å²) in [5.41, 5.74) is 6.12. The minimum absolute atomic E-state index is 0.0590. The maximum absolute atomic E-state index is 12.0. The molecule has 1 atom stereocenters. The summed E-state index contributed by atoms with van der Waals surface area (Å²) in [4.78, 5) is 25.2. The highest BCUT2D eigenvalue weighted by atomic mass is 127. The van der Waals surface area contributed by atoms with Crippen LogP contribution in [-0.4, -0.2) is 36.3 Å². The molecule has 1 saturated heterocycles. The molecular formula is C14H18IN3O2. The van der Waals surface area contributed by atoms with Crippen LogP contribution in [0.1, 0.15) is 12.8 Å². The Morgan fingerprint density at radius 1 is 1.35 bits per heavy atom. The molecule has 2 amide bonds. The second-order valence-corrected chi connectivity index (χ2v) is 6.28. The highest BCUT2D eigenvalue weighted by Gasteiger charge is 2.24. The van der Waals surface area contributed by atoms with Gasteiger partial charge in [0.2, 0.25) is 11.8 Å². The lowest BCUT2D eigenvalue weighted by molar-refractivity contribution is -0.125. The zero-order chi connectivity index (χ0) is 14.5. The SMILES string of the molecule is NC(=O)[C@H]1CCCN(CC(=O)Nc2ccc(I)cc2)C1. The van der Waals surface area contributed by atoms with E-state index in [4.69, 9.17) is 5.73 Å². The van der Waals surface area contributed by atoms with Crippen molar-refractivity contribution in [2.24, 2.45) is 11.7 Å². The molecule has 0 radical (unpaired) electrons. The number of primary amides is 1. The van der Waals surface area contributed by atoms with E-state index >= 15 is 0 Å². The molecule has 1 aromatic rings. The molecule has 0 bridgehead atoms. The van der Waals surface area contributed by atoms with Gasteiger partial charge in [0.15, 0.2) is 0 Å². The Bertz CT molecular complexity index is 490. The summed E-state index contributed by atoms with van der Waals surface area (Å²) in [5.74, 6) is -0.459. The van der Waals surface area contributed by atoms with Gasteiger partial charge in [-0.3, -0.25) is 14.5 Å². The van der Waals surface area contributed by atoms with Crippen molar-refractivity contribution in [2.75, 3.05) is 25.0 Å². The van der Waals surface area contributed by atoms with E-state index in [9.17, 15) is 9.59 Å². The third-order valence-electron chi connectivity index (χ3n) is 3.40. The summed E-state index contributed by atoms with van der Waals surface area (Å²) in [5, 5.41) is 2.86. The average Bonchev–Trinajstić information content (AvgIpc) is 2.41. The van der Waals surface area contributed by atoms with E-state index in [-0.39, 0.29) is 17.7 Å². The van der Waals surface area contributed by atoms with Crippen LogP contribution < -0.4 is 11.1 Å². The Kier molecular flexibility index (Phi) is 5.36. The van der Waals surface area contributed by atoms with Gasteiger partial charge in [-0.05, 0) is 66.2 Å². The number of piperidine rings is 1. The van der Waals surface area contributed by atoms with Crippen molar-refractivity contribution in [1.82, 2.24) is 4.90 Å². The highest BCUT2D eigenvalue weighted by Crippen LogP contribution is 2.16. The van der Waals surface area contributed by atoms with E-state index in [1.54, 1.807) is 0 Å². The van der Waals surface area contributed by atoms with Crippen molar-refractivity contribution in [3.8, 4) is 0 Å². The summed E-state index contributed by atoms with van der Waals surface area (Å²) >= 11 is 2.22. The molecule has 1 fully saturated rings. The standard InChI is InChI=1S/C14H18IN3O2/c15-11-3-5-12(6-4-11)17-13(19)9-18-7-1-2-10(8-18)14(16)20/h3-6,10H,1-2,7-9H2,(H2,16,20)(H,17,19)/t10-/m0/s1. The normalized spacial score (nSPS) is 19.6. The first kappa shape index (κ1) is 15.2. The van der Waals surface area contributed by atoms with Crippen LogP contribution >= 0.6 is 22.6 Å². The summed E-state index contributed by atoms with van der Waals surface area (Å²) in [6, 6.07) is 7.64. The van der Waals surface area contributed by atoms with Crippen molar-refractivity contribution < 1.29 is 9.59 Å². The average molecular weight is 387 g/mol. The second-order valence-electron chi connectivity index (χ2n) is 5.03. The van der Waals surface area contributed by atoms with Gasteiger partial charge in [-0.25, -0.2) is 0 Å². The van der Waals surface area contributed by atoms with Crippen molar-refractivity contribution in [1.29, 1.82) is 0 Å². The van der Waals surface area contributed by atoms with Crippen molar-refractivity contribution in [3.05, 3.63) is 27.8 Å². The molecule has 0 saturated carbocycles. The van der Waals surface area contributed by atoms with E-state index < -0.39 is 0 Å². The van der Waals surface area contributed by atoms with Gasteiger partial charge >= 0.3 is 0 Å². The van der Waals surface area contributed by atoms with Crippen molar-refractivity contribution in [3.63, 3.8) is 0 Å². The molecule has 1 aromatic carbocycles. The third kappa shape index (κ3) is 4.45. The molecule has 0 aliphatic carbocycles. The molecule has 6 heteroatoms. The maximum Gasteiger partial charge on any atom is 0.238 e. The minimum Gasteiger partial charge on any atom is -0.369 e. The number of anilines is 1. The van der Waals surface area contributed by atoms with E-state index in [1.165, 1.54) is 0 Å². The van der Waals surface area contributed by atoms with Crippen LogP contribution in [-0.2, 0) is 9.59 Å². The minimum atomic E-state index is -0.271. The molecule has 0 aromatic heterocycles. The summed E-state index contributed by atoms with van der Waals surface area (Å²) in [7, 11) is 0. The van der Waals surface area contributed by atoms with Crippen LogP contribution in [0.4, 0.5) is 5.69 Å². The lowest BCUT2D eigenvalue weighted by Crippen LogP contribution is -2.44. The number of carbonyl (C=O) groups is 2. The van der Waals surface area contributed by atoms with Gasteiger partial charge in [-0.1, -0.05) is 0 Å². The van der Waals surface area contributed by atoms with Gasteiger partial charge < -0.3 is 11.1 Å². The summed E-state index contributed by atoms with van der Waals surface area (Å²) in [6.07, 6.45) is 1.73. The summed E-state index contributed by atoms with van der Waals surface area (Å²) < 4.78 is 1.13. The molecule has 0 unspecified atom stereocenters. The largest absolute Gasteiger partial charge is 0.369 e. The molecule has 0 spiro atoms. The van der Waals surface area contributed by atoms with Gasteiger partial charge in [-0.2, -0.15) is 0 Å². The number of nitrogens with zero attached hydrogens (tertiary/aromatic N) is 1. The monoisotopic (exact) mass is 387 g/mol. The fourth-order valence-corrected chi connectivity index (χ4v) is 2.73.